The number of hydrogen-bond donors (Lipinski definition) is 1. The number of nitrogens with one attached hydrogen (secondary N) is 1. The van der Waals surface area contributed by atoms with Gasteiger partial charge in [0.25, 0.3) is 0 Å². The minimum Gasteiger partial charge on any atom is -0.310 e. The molecule has 0 aromatic heterocycles. The third-order valence-electron chi connectivity index (χ3n) is 6.37. The van der Waals surface area contributed by atoms with Crippen LogP contribution in [-0.2, 0) is 12.8 Å². The van der Waals surface area contributed by atoms with Crippen LogP contribution in [0.2, 0.25) is 0 Å². The van der Waals surface area contributed by atoms with E-state index in [4.69, 9.17) is 0 Å². The van der Waals surface area contributed by atoms with Crippen LogP contribution in [0.4, 0.5) is 0 Å². The monoisotopic (exact) mass is 271 g/mol. The van der Waals surface area contributed by atoms with E-state index in [1.54, 1.807) is 11.1 Å². The van der Waals surface area contributed by atoms with Gasteiger partial charge in [-0.3, -0.25) is 0 Å². The summed E-state index contributed by atoms with van der Waals surface area (Å²) in [5.41, 5.74) is 5.55. The zero-order valence-electron chi connectivity index (χ0n) is 13.7. The number of aryl methyl sites for hydroxylation is 2. The molecule has 1 fully saturated rings. The molecule has 1 aromatic rings. The van der Waals surface area contributed by atoms with Gasteiger partial charge in [0.2, 0.25) is 0 Å². The Bertz CT molecular complexity index is 498. The number of rotatable bonds is 4. The molecule has 1 aromatic carbocycles. The van der Waals surface area contributed by atoms with Crippen molar-refractivity contribution in [3.05, 3.63) is 34.9 Å². The lowest BCUT2D eigenvalue weighted by Crippen LogP contribution is -2.25. The van der Waals surface area contributed by atoms with Crippen LogP contribution >= 0.6 is 0 Å². The fraction of sp³-hybridized carbons (Fsp3) is 0.684. The summed E-state index contributed by atoms with van der Waals surface area (Å²) >= 11 is 0. The Kier molecular flexibility index (Phi) is 3.25. The third-order valence-corrected chi connectivity index (χ3v) is 6.37. The van der Waals surface area contributed by atoms with Gasteiger partial charge >= 0.3 is 0 Å². The summed E-state index contributed by atoms with van der Waals surface area (Å²) < 4.78 is 0. The SMILES string of the molecule is CCNC(c1ccc2c(c1)CCC2)C1C(C)(C)C1(C)C. The maximum absolute atomic E-state index is 3.76. The summed E-state index contributed by atoms with van der Waals surface area (Å²) in [6, 6.07) is 7.75. The molecular formula is C19H29N. The highest BCUT2D eigenvalue weighted by molar-refractivity contribution is 5.38. The smallest absolute Gasteiger partial charge is 0.0359 e. The molecule has 2 aliphatic rings. The molecule has 1 nitrogen and oxygen atoms in total. The second kappa shape index (κ2) is 4.59. The summed E-state index contributed by atoms with van der Waals surface area (Å²) in [7, 11) is 0. The summed E-state index contributed by atoms with van der Waals surface area (Å²) in [6.45, 7) is 13.0. The van der Waals surface area contributed by atoms with Crippen molar-refractivity contribution in [1.82, 2.24) is 5.32 Å². The Balaban J connectivity index is 1.92. The first kappa shape index (κ1) is 14.1. The highest BCUT2D eigenvalue weighted by Crippen LogP contribution is 2.72. The van der Waals surface area contributed by atoms with Crippen molar-refractivity contribution in [2.24, 2.45) is 16.7 Å². The Morgan fingerprint density at radius 1 is 1.10 bits per heavy atom. The molecule has 0 saturated heterocycles. The van der Waals surface area contributed by atoms with Crippen molar-refractivity contribution < 1.29 is 0 Å². The lowest BCUT2D eigenvalue weighted by molar-refractivity contribution is 0.418. The minimum atomic E-state index is 0.429. The lowest BCUT2D eigenvalue weighted by Gasteiger charge is -2.22. The highest BCUT2D eigenvalue weighted by Gasteiger charge is 2.67. The molecule has 0 aliphatic heterocycles. The van der Waals surface area contributed by atoms with Crippen LogP contribution in [0.15, 0.2) is 18.2 Å². The molecule has 110 valence electrons. The zero-order chi connectivity index (χ0) is 14.5. The van der Waals surface area contributed by atoms with E-state index in [-0.39, 0.29) is 0 Å². The second-order valence-corrected chi connectivity index (χ2v) is 7.84. The molecule has 0 radical (unpaired) electrons. The molecular weight excluding hydrogens is 242 g/mol. The zero-order valence-corrected chi connectivity index (χ0v) is 13.7. The standard InChI is InChI=1S/C19H29N/c1-6-20-16(17-18(2,3)19(17,4)5)15-11-10-13-8-7-9-14(13)12-15/h10-12,16-17,20H,6-9H2,1-5H3. The van der Waals surface area contributed by atoms with Crippen molar-refractivity contribution >= 4 is 0 Å². The van der Waals surface area contributed by atoms with Crippen LogP contribution in [0.25, 0.3) is 0 Å². The normalized spacial score (nSPS) is 24.4. The Morgan fingerprint density at radius 2 is 1.75 bits per heavy atom. The first-order valence-corrected chi connectivity index (χ1v) is 8.24. The summed E-state index contributed by atoms with van der Waals surface area (Å²) in [6.07, 6.45) is 3.90. The van der Waals surface area contributed by atoms with Gasteiger partial charge in [-0.2, -0.15) is 0 Å². The van der Waals surface area contributed by atoms with E-state index < -0.39 is 0 Å². The molecule has 0 amide bonds. The molecule has 0 bridgehead atoms. The number of fused-ring (bicyclic) bond motifs is 1. The van der Waals surface area contributed by atoms with E-state index in [9.17, 15) is 0 Å². The average Bonchev–Trinajstić information content (AvgIpc) is 2.73. The van der Waals surface area contributed by atoms with E-state index in [1.807, 2.05) is 0 Å². The summed E-state index contributed by atoms with van der Waals surface area (Å²) in [5.74, 6) is 0.731. The molecule has 20 heavy (non-hydrogen) atoms. The number of benzene rings is 1. The second-order valence-electron chi connectivity index (χ2n) is 7.84. The van der Waals surface area contributed by atoms with Crippen LogP contribution in [0.3, 0.4) is 0 Å². The van der Waals surface area contributed by atoms with Crippen LogP contribution in [-0.4, -0.2) is 6.54 Å². The van der Waals surface area contributed by atoms with Crippen molar-refractivity contribution in [3.8, 4) is 0 Å². The van der Waals surface area contributed by atoms with Gasteiger partial charge in [0.15, 0.2) is 0 Å². The van der Waals surface area contributed by atoms with Gasteiger partial charge in [-0.25, -0.2) is 0 Å². The molecule has 1 unspecified atom stereocenters. The topological polar surface area (TPSA) is 12.0 Å². The van der Waals surface area contributed by atoms with Crippen molar-refractivity contribution in [1.29, 1.82) is 0 Å². The van der Waals surface area contributed by atoms with Crippen molar-refractivity contribution in [2.75, 3.05) is 6.54 Å². The molecule has 0 heterocycles. The van der Waals surface area contributed by atoms with Crippen LogP contribution in [0.5, 0.6) is 0 Å². The van der Waals surface area contributed by atoms with Crippen LogP contribution < -0.4 is 5.32 Å². The molecule has 1 heteroatoms. The quantitative estimate of drug-likeness (QED) is 0.849. The van der Waals surface area contributed by atoms with E-state index in [1.165, 1.54) is 24.8 Å². The fourth-order valence-corrected chi connectivity index (χ4v) is 4.51. The first-order chi connectivity index (χ1) is 9.39. The molecule has 0 spiro atoms. The fourth-order valence-electron chi connectivity index (χ4n) is 4.51. The molecule has 1 atom stereocenters. The van der Waals surface area contributed by atoms with Crippen LogP contribution in [0.1, 0.15) is 63.8 Å². The summed E-state index contributed by atoms with van der Waals surface area (Å²) in [5, 5.41) is 3.76. The van der Waals surface area contributed by atoms with E-state index in [0.29, 0.717) is 16.9 Å². The van der Waals surface area contributed by atoms with Gasteiger partial charge in [0, 0.05) is 6.04 Å². The molecule has 3 rings (SSSR count). The van der Waals surface area contributed by atoms with Gasteiger partial charge in [-0.15, -0.1) is 0 Å². The average molecular weight is 271 g/mol. The minimum absolute atomic E-state index is 0.429. The Hall–Kier alpha value is -0.820. The van der Waals surface area contributed by atoms with E-state index in [2.05, 4.69) is 58.1 Å². The first-order valence-electron chi connectivity index (χ1n) is 8.24. The van der Waals surface area contributed by atoms with Gasteiger partial charge in [0.1, 0.15) is 0 Å². The summed E-state index contributed by atoms with van der Waals surface area (Å²) in [4.78, 5) is 0. The van der Waals surface area contributed by atoms with E-state index in [0.717, 1.165) is 12.5 Å². The van der Waals surface area contributed by atoms with E-state index >= 15 is 0 Å². The Labute approximate surface area is 124 Å². The van der Waals surface area contributed by atoms with Gasteiger partial charge in [-0.05, 0) is 59.2 Å². The predicted octanol–water partition coefficient (Wildman–Crippen LogP) is 4.51. The van der Waals surface area contributed by atoms with Crippen LogP contribution in [0, 0.1) is 16.7 Å². The largest absolute Gasteiger partial charge is 0.310 e. The van der Waals surface area contributed by atoms with Crippen molar-refractivity contribution in [3.63, 3.8) is 0 Å². The van der Waals surface area contributed by atoms with Gasteiger partial charge < -0.3 is 5.32 Å². The van der Waals surface area contributed by atoms with Gasteiger partial charge in [-0.1, -0.05) is 52.8 Å². The highest BCUT2D eigenvalue weighted by atomic mass is 15.0. The maximum Gasteiger partial charge on any atom is 0.0359 e. The predicted molar refractivity (Wildman–Crippen MR) is 85.9 cm³/mol. The molecule has 1 saturated carbocycles. The third kappa shape index (κ3) is 1.94. The molecule has 1 N–H and O–H groups in total. The lowest BCUT2D eigenvalue weighted by atomic mass is 9.94. The Morgan fingerprint density at radius 3 is 2.35 bits per heavy atom. The maximum atomic E-state index is 3.76. The van der Waals surface area contributed by atoms with Crippen molar-refractivity contribution in [2.45, 2.75) is 59.9 Å². The van der Waals surface area contributed by atoms with Gasteiger partial charge in [0.05, 0.1) is 0 Å². The molecule has 2 aliphatic carbocycles. The number of hydrogen-bond acceptors (Lipinski definition) is 1.